The van der Waals surface area contributed by atoms with E-state index in [4.69, 9.17) is 0 Å². The fourth-order valence-electron chi connectivity index (χ4n) is 3.17. The van der Waals surface area contributed by atoms with Gasteiger partial charge < -0.3 is 10.2 Å². The lowest BCUT2D eigenvalue weighted by Gasteiger charge is -2.34. The van der Waals surface area contributed by atoms with Crippen LogP contribution in [0.2, 0.25) is 0 Å². The molecule has 2 amide bonds. The van der Waals surface area contributed by atoms with E-state index in [-0.39, 0.29) is 24.2 Å². The average molecular weight is 399 g/mol. The highest BCUT2D eigenvalue weighted by Gasteiger charge is 2.30. The SMILES string of the molecule is CCC(C)(C)c1cnc2nn(-c3cc(NC(=O)N4CC(F)C4)ccc3F)cc2c1. The second kappa shape index (κ2) is 7.09. The van der Waals surface area contributed by atoms with E-state index in [2.05, 4.69) is 36.2 Å². The van der Waals surface area contributed by atoms with Crippen molar-refractivity contribution < 1.29 is 13.6 Å². The smallest absolute Gasteiger partial charge is 0.319 e. The van der Waals surface area contributed by atoms with E-state index in [1.54, 1.807) is 12.4 Å². The number of hydrogen-bond acceptors (Lipinski definition) is 3. The van der Waals surface area contributed by atoms with Crippen LogP contribution in [-0.2, 0) is 5.41 Å². The summed E-state index contributed by atoms with van der Waals surface area (Å²) in [6.07, 6.45) is 3.52. The molecule has 152 valence electrons. The number of amides is 2. The molecule has 2 aromatic heterocycles. The number of carbonyl (C=O) groups excluding carboxylic acids is 1. The van der Waals surface area contributed by atoms with Crippen molar-refractivity contribution in [3.63, 3.8) is 0 Å². The minimum absolute atomic E-state index is 0.0196. The summed E-state index contributed by atoms with van der Waals surface area (Å²) < 4.78 is 28.8. The van der Waals surface area contributed by atoms with Gasteiger partial charge in [-0.15, -0.1) is 5.10 Å². The fraction of sp³-hybridized carbons (Fsp3) is 0.381. The molecule has 3 heterocycles. The molecule has 8 heteroatoms. The van der Waals surface area contributed by atoms with Gasteiger partial charge in [0.25, 0.3) is 0 Å². The second-order valence-corrected chi connectivity index (χ2v) is 8.05. The quantitative estimate of drug-likeness (QED) is 0.706. The lowest BCUT2D eigenvalue weighted by molar-refractivity contribution is 0.0974. The Morgan fingerprint density at radius 1 is 1.31 bits per heavy atom. The third-order valence-electron chi connectivity index (χ3n) is 5.59. The van der Waals surface area contributed by atoms with Crippen LogP contribution in [0.4, 0.5) is 19.3 Å². The zero-order valence-corrected chi connectivity index (χ0v) is 16.6. The molecule has 1 saturated heterocycles. The lowest BCUT2D eigenvalue weighted by Crippen LogP contribution is -2.53. The van der Waals surface area contributed by atoms with Crippen LogP contribution in [0, 0.1) is 5.82 Å². The number of fused-ring (bicyclic) bond motifs is 1. The topological polar surface area (TPSA) is 63.1 Å². The summed E-state index contributed by atoms with van der Waals surface area (Å²) in [4.78, 5) is 17.9. The number of aromatic nitrogens is 3. The maximum Gasteiger partial charge on any atom is 0.322 e. The van der Waals surface area contributed by atoms with Crippen molar-refractivity contribution in [2.45, 2.75) is 38.8 Å². The number of likely N-dealkylation sites (tertiary alicyclic amines) is 1. The maximum absolute atomic E-state index is 14.5. The van der Waals surface area contributed by atoms with E-state index in [1.807, 2.05) is 6.07 Å². The van der Waals surface area contributed by atoms with E-state index >= 15 is 0 Å². The van der Waals surface area contributed by atoms with Gasteiger partial charge in [0, 0.05) is 23.5 Å². The third-order valence-corrected chi connectivity index (χ3v) is 5.59. The Kier molecular flexibility index (Phi) is 4.72. The number of carbonyl (C=O) groups is 1. The maximum atomic E-state index is 14.5. The van der Waals surface area contributed by atoms with Gasteiger partial charge >= 0.3 is 6.03 Å². The summed E-state index contributed by atoms with van der Waals surface area (Å²) in [7, 11) is 0. The average Bonchev–Trinajstić information content (AvgIpc) is 3.10. The van der Waals surface area contributed by atoms with Gasteiger partial charge in [-0.1, -0.05) is 20.8 Å². The fourth-order valence-corrected chi connectivity index (χ4v) is 3.17. The number of nitrogens with zero attached hydrogens (tertiary/aromatic N) is 4. The number of pyridine rings is 1. The number of urea groups is 1. The number of hydrogen-bond donors (Lipinski definition) is 1. The van der Waals surface area contributed by atoms with Crippen LogP contribution in [0.25, 0.3) is 16.7 Å². The Bertz CT molecular complexity index is 1070. The largest absolute Gasteiger partial charge is 0.322 e. The zero-order valence-electron chi connectivity index (χ0n) is 16.6. The lowest BCUT2D eigenvalue weighted by atomic mass is 9.83. The Balaban J connectivity index is 1.63. The van der Waals surface area contributed by atoms with Crippen molar-refractivity contribution in [1.29, 1.82) is 0 Å². The molecule has 0 aliphatic carbocycles. The minimum Gasteiger partial charge on any atom is -0.319 e. The van der Waals surface area contributed by atoms with Crippen molar-refractivity contribution in [1.82, 2.24) is 19.7 Å². The highest BCUT2D eigenvalue weighted by molar-refractivity contribution is 5.90. The number of rotatable bonds is 4. The van der Waals surface area contributed by atoms with Gasteiger partial charge in [0.1, 0.15) is 17.7 Å². The number of alkyl halides is 1. The van der Waals surface area contributed by atoms with Crippen LogP contribution in [-0.4, -0.2) is 45.0 Å². The first-order valence-corrected chi connectivity index (χ1v) is 9.62. The molecular formula is C21H23F2N5O. The van der Waals surface area contributed by atoms with E-state index in [1.165, 1.54) is 27.8 Å². The summed E-state index contributed by atoms with van der Waals surface area (Å²) in [5.41, 5.74) is 2.20. The molecule has 0 saturated carbocycles. The molecule has 0 bridgehead atoms. The Morgan fingerprint density at radius 3 is 2.76 bits per heavy atom. The van der Waals surface area contributed by atoms with Crippen LogP contribution in [0.5, 0.6) is 0 Å². The van der Waals surface area contributed by atoms with Crippen LogP contribution < -0.4 is 5.32 Å². The normalized spacial score (nSPS) is 14.9. The van der Waals surface area contributed by atoms with Crippen molar-refractivity contribution in [2.24, 2.45) is 0 Å². The standard InChI is InChI=1S/C21H23F2N5O/c1-4-21(2,3)14-7-13-10-28(26-19(13)24-9-14)18-8-16(5-6-17(18)23)25-20(29)27-11-15(22)12-27/h5-10,15H,4,11-12H2,1-3H3,(H,25,29). The molecule has 29 heavy (non-hydrogen) atoms. The number of benzene rings is 1. The van der Waals surface area contributed by atoms with E-state index < -0.39 is 18.0 Å². The summed E-state index contributed by atoms with van der Waals surface area (Å²) in [6.45, 7) is 6.57. The Morgan fingerprint density at radius 2 is 2.07 bits per heavy atom. The van der Waals surface area contributed by atoms with Crippen LogP contribution >= 0.6 is 0 Å². The van der Waals surface area contributed by atoms with Crippen molar-refractivity contribution in [2.75, 3.05) is 18.4 Å². The predicted octanol–water partition coefficient (Wildman–Crippen LogP) is 4.43. The molecule has 1 aliphatic rings. The Labute approximate surface area is 167 Å². The van der Waals surface area contributed by atoms with Crippen molar-refractivity contribution in [3.05, 3.63) is 48.0 Å². The predicted molar refractivity (Wildman–Crippen MR) is 108 cm³/mol. The van der Waals surface area contributed by atoms with Crippen LogP contribution in [0.1, 0.15) is 32.8 Å². The van der Waals surface area contributed by atoms with Gasteiger partial charge in [0.05, 0.1) is 13.1 Å². The number of anilines is 1. The van der Waals surface area contributed by atoms with Gasteiger partial charge in [0.2, 0.25) is 0 Å². The first-order chi connectivity index (χ1) is 13.8. The molecule has 3 aromatic rings. The molecule has 1 N–H and O–H groups in total. The van der Waals surface area contributed by atoms with Gasteiger partial charge in [-0.2, -0.15) is 0 Å². The zero-order chi connectivity index (χ0) is 20.8. The van der Waals surface area contributed by atoms with Crippen molar-refractivity contribution in [3.8, 4) is 5.69 Å². The summed E-state index contributed by atoms with van der Waals surface area (Å²) in [5, 5.41) is 7.86. The molecule has 6 nitrogen and oxygen atoms in total. The first-order valence-electron chi connectivity index (χ1n) is 9.62. The monoisotopic (exact) mass is 399 g/mol. The molecule has 1 aromatic carbocycles. The van der Waals surface area contributed by atoms with Gasteiger partial charge in [-0.3, -0.25) is 0 Å². The summed E-state index contributed by atoms with van der Waals surface area (Å²) in [6, 6.07) is 5.85. The summed E-state index contributed by atoms with van der Waals surface area (Å²) >= 11 is 0. The highest BCUT2D eigenvalue weighted by Crippen LogP contribution is 2.29. The molecule has 0 spiro atoms. The Hall–Kier alpha value is -3.03. The second-order valence-electron chi connectivity index (χ2n) is 8.05. The van der Waals surface area contributed by atoms with E-state index in [0.717, 1.165) is 17.4 Å². The van der Waals surface area contributed by atoms with Gasteiger partial charge in [0.15, 0.2) is 5.65 Å². The molecule has 0 radical (unpaired) electrons. The number of nitrogens with one attached hydrogen (secondary N) is 1. The summed E-state index contributed by atoms with van der Waals surface area (Å²) in [5.74, 6) is -0.474. The van der Waals surface area contributed by atoms with Crippen LogP contribution in [0.15, 0.2) is 36.7 Å². The minimum atomic E-state index is -0.976. The molecule has 0 atom stereocenters. The van der Waals surface area contributed by atoms with E-state index in [0.29, 0.717) is 11.3 Å². The van der Waals surface area contributed by atoms with Crippen molar-refractivity contribution >= 4 is 22.8 Å². The molecule has 4 rings (SSSR count). The van der Waals surface area contributed by atoms with Gasteiger partial charge in [-0.25, -0.2) is 23.2 Å². The van der Waals surface area contributed by atoms with Crippen LogP contribution in [0.3, 0.4) is 0 Å². The van der Waals surface area contributed by atoms with Gasteiger partial charge in [-0.05, 0) is 41.7 Å². The molecule has 1 fully saturated rings. The molecule has 1 aliphatic heterocycles. The molecular weight excluding hydrogens is 376 g/mol. The molecule has 0 unspecified atom stereocenters. The third kappa shape index (κ3) is 3.66. The first kappa shape index (κ1) is 19.3. The number of halogens is 2. The van der Waals surface area contributed by atoms with E-state index in [9.17, 15) is 13.6 Å². The highest BCUT2D eigenvalue weighted by atomic mass is 19.1.